The van der Waals surface area contributed by atoms with E-state index >= 15 is 0 Å². The molecule has 7 nitrogen and oxygen atoms in total. The van der Waals surface area contributed by atoms with Crippen LogP contribution in [0.1, 0.15) is 22.8 Å². The van der Waals surface area contributed by atoms with Gasteiger partial charge in [-0.1, -0.05) is 59.9 Å². The number of carboxylic acids is 1. The van der Waals surface area contributed by atoms with E-state index in [1.165, 1.54) is 12.1 Å². The first kappa shape index (κ1) is 25.0. The number of carbonyl (C=O) groups is 2. The number of nitrogens with one attached hydrogen (secondary N) is 3. The van der Waals surface area contributed by atoms with E-state index < -0.39 is 21.8 Å². The molecule has 0 aliphatic carbocycles. The van der Waals surface area contributed by atoms with Crippen LogP contribution >= 0.6 is 47.0 Å². The average Bonchev–Trinajstić information content (AvgIpc) is 2.71. The first-order valence-corrected chi connectivity index (χ1v) is 10.6. The van der Waals surface area contributed by atoms with E-state index in [0.29, 0.717) is 11.4 Å². The molecule has 1 atom stereocenters. The van der Waals surface area contributed by atoms with Crippen molar-refractivity contribution in [2.24, 2.45) is 0 Å². The molecule has 0 unspecified atom stereocenters. The van der Waals surface area contributed by atoms with Crippen LogP contribution in [-0.2, 0) is 11.2 Å². The van der Waals surface area contributed by atoms with Gasteiger partial charge in [-0.3, -0.25) is 4.79 Å². The summed E-state index contributed by atoms with van der Waals surface area (Å²) in [6.45, 7) is 1.74. The Balaban J connectivity index is 1.94. The molecular formula is C20H20Cl3N3O4S. The summed E-state index contributed by atoms with van der Waals surface area (Å²) in [5.41, 5.74) is 1.63. The van der Waals surface area contributed by atoms with Gasteiger partial charge in [0.1, 0.15) is 11.9 Å². The van der Waals surface area contributed by atoms with Gasteiger partial charge in [-0.15, -0.1) is 0 Å². The van der Waals surface area contributed by atoms with E-state index in [1.807, 2.05) is 19.1 Å². The number of benzene rings is 2. The number of hydrogen-bond donors (Lipinski definition) is 4. The molecule has 0 saturated carbocycles. The van der Waals surface area contributed by atoms with Gasteiger partial charge < -0.3 is 25.8 Å². The monoisotopic (exact) mass is 503 g/mol. The maximum absolute atomic E-state index is 12.3. The molecule has 11 heteroatoms. The largest absolute Gasteiger partial charge is 0.484 e. The number of hydrogen-bond acceptors (Lipinski definition) is 4. The second kappa shape index (κ2) is 11.4. The number of anilines is 1. The van der Waals surface area contributed by atoms with Crippen molar-refractivity contribution in [3.8, 4) is 5.75 Å². The Morgan fingerprint density at radius 3 is 2.39 bits per heavy atom. The van der Waals surface area contributed by atoms with Gasteiger partial charge in [-0.25, -0.2) is 4.79 Å². The number of rotatable bonds is 8. The number of carbonyl (C=O) groups excluding carboxylic acids is 1. The lowest BCUT2D eigenvalue weighted by Gasteiger charge is -2.27. The molecule has 0 saturated heterocycles. The predicted octanol–water partition coefficient (Wildman–Crippen LogP) is 4.13. The molecule has 0 spiro atoms. The topological polar surface area (TPSA) is 99.7 Å². The van der Waals surface area contributed by atoms with Crippen LogP contribution in [-0.4, -0.2) is 38.7 Å². The van der Waals surface area contributed by atoms with Crippen molar-refractivity contribution in [3.05, 3.63) is 59.7 Å². The van der Waals surface area contributed by atoms with Gasteiger partial charge in [0.05, 0.1) is 5.56 Å². The molecule has 1 amide bonds. The van der Waals surface area contributed by atoms with Gasteiger partial charge in [0, 0.05) is 5.69 Å². The van der Waals surface area contributed by atoms with Crippen LogP contribution in [0.3, 0.4) is 0 Å². The van der Waals surface area contributed by atoms with Crippen LogP contribution in [0.25, 0.3) is 0 Å². The fraction of sp³-hybridized carbons (Fsp3) is 0.250. The van der Waals surface area contributed by atoms with Crippen molar-refractivity contribution in [1.29, 1.82) is 0 Å². The summed E-state index contributed by atoms with van der Waals surface area (Å²) in [6, 6.07) is 13.3. The van der Waals surface area contributed by atoms with Crippen LogP contribution in [0.4, 0.5) is 5.69 Å². The van der Waals surface area contributed by atoms with Crippen LogP contribution in [0.15, 0.2) is 48.5 Å². The standard InChI is InChI=1S/C20H20Cl3N3O4S/c1-2-12-6-8-15(9-7-12)30-11-16(27)25-18(20(21,22)23)26-19(31)24-14-5-3-4-13(10-14)17(28)29/h3-10,18H,2,11H2,1H3,(H,25,27)(H,28,29)(H2,24,26,31)/t18-/m1/s1. The third kappa shape index (κ3) is 8.41. The van der Waals surface area contributed by atoms with E-state index in [9.17, 15) is 9.59 Å². The number of alkyl halides is 3. The fourth-order valence-electron chi connectivity index (χ4n) is 2.40. The molecule has 2 rings (SSSR count). The number of amides is 1. The summed E-state index contributed by atoms with van der Waals surface area (Å²) < 4.78 is 3.51. The molecule has 31 heavy (non-hydrogen) atoms. The average molecular weight is 505 g/mol. The predicted molar refractivity (Wildman–Crippen MR) is 126 cm³/mol. The van der Waals surface area contributed by atoms with Gasteiger partial charge >= 0.3 is 5.97 Å². The third-order valence-electron chi connectivity index (χ3n) is 3.98. The Hall–Kier alpha value is -2.26. The lowest BCUT2D eigenvalue weighted by Crippen LogP contribution is -2.56. The molecule has 0 aliphatic rings. The lowest BCUT2D eigenvalue weighted by atomic mass is 10.2. The lowest BCUT2D eigenvalue weighted by molar-refractivity contribution is -0.123. The summed E-state index contributed by atoms with van der Waals surface area (Å²) in [5.74, 6) is -1.10. The van der Waals surface area contributed by atoms with E-state index in [2.05, 4.69) is 16.0 Å². The molecule has 0 aliphatic heterocycles. The minimum atomic E-state index is -1.94. The van der Waals surface area contributed by atoms with E-state index in [-0.39, 0.29) is 17.3 Å². The van der Waals surface area contributed by atoms with E-state index in [1.54, 1.807) is 24.3 Å². The summed E-state index contributed by atoms with van der Waals surface area (Å²) >= 11 is 23.0. The molecule has 0 heterocycles. The summed E-state index contributed by atoms with van der Waals surface area (Å²) in [4.78, 5) is 23.4. The molecule has 166 valence electrons. The number of carboxylic acid groups (broad SMARTS) is 1. The van der Waals surface area contributed by atoms with Gasteiger partial charge in [-0.2, -0.15) is 0 Å². The van der Waals surface area contributed by atoms with Crippen molar-refractivity contribution >= 4 is 69.7 Å². The van der Waals surface area contributed by atoms with Gasteiger partial charge in [0.15, 0.2) is 11.7 Å². The van der Waals surface area contributed by atoms with Crippen molar-refractivity contribution in [2.45, 2.75) is 23.3 Å². The molecule has 4 N–H and O–H groups in total. The quantitative estimate of drug-likeness (QED) is 0.244. The second-order valence-electron chi connectivity index (χ2n) is 6.31. The minimum Gasteiger partial charge on any atom is -0.484 e. The molecular weight excluding hydrogens is 485 g/mol. The Morgan fingerprint density at radius 1 is 1.13 bits per heavy atom. The molecule has 0 bridgehead atoms. The van der Waals surface area contributed by atoms with Crippen molar-refractivity contribution < 1.29 is 19.4 Å². The Bertz CT molecular complexity index is 936. The molecule has 0 fully saturated rings. The first-order valence-electron chi connectivity index (χ1n) is 9.07. The van der Waals surface area contributed by atoms with Crippen LogP contribution in [0.5, 0.6) is 5.75 Å². The third-order valence-corrected chi connectivity index (χ3v) is 4.85. The normalized spacial score (nSPS) is 11.9. The molecule has 2 aromatic rings. The van der Waals surface area contributed by atoms with Gasteiger partial charge in [-0.05, 0) is 54.5 Å². The van der Waals surface area contributed by atoms with Crippen LogP contribution in [0.2, 0.25) is 0 Å². The van der Waals surface area contributed by atoms with E-state index in [4.69, 9.17) is 56.9 Å². The zero-order valence-corrected chi connectivity index (χ0v) is 19.4. The maximum Gasteiger partial charge on any atom is 0.335 e. The number of aromatic carboxylic acids is 1. The number of halogens is 3. The highest BCUT2D eigenvalue weighted by atomic mass is 35.6. The second-order valence-corrected chi connectivity index (χ2v) is 9.09. The molecule has 0 aromatic heterocycles. The highest BCUT2D eigenvalue weighted by Gasteiger charge is 2.34. The number of aryl methyl sites for hydroxylation is 1. The van der Waals surface area contributed by atoms with Crippen molar-refractivity contribution in [1.82, 2.24) is 10.6 Å². The number of ether oxygens (including phenoxy) is 1. The first-order chi connectivity index (χ1) is 14.6. The Kier molecular flexibility index (Phi) is 9.18. The Labute approximate surface area is 200 Å². The van der Waals surface area contributed by atoms with Crippen molar-refractivity contribution in [2.75, 3.05) is 11.9 Å². The molecule has 0 radical (unpaired) electrons. The highest BCUT2D eigenvalue weighted by Crippen LogP contribution is 2.29. The minimum absolute atomic E-state index is 0.00948. The fourth-order valence-corrected chi connectivity index (χ4v) is 2.96. The zero-order valence-electron chi connectivity index (χ0n) is 16.3. The zero-order chi connectivity index (χ0) is 23.0. The molecule has 2 aromatic carbocycles. The van der Waals surface area contributed by atoms with Gasteiger partial charge in [0.25, 0.3) is 5.91 Å². The number of thiocarbonyl (C=S) groups is 1. The summed E-state index contributed by atoms with van der Waals surface area (Å²) in [7, 11) is 0. The summed E-state index contributed by atoms with van der Waals surface area (Å²) in [6.07, 6.45) is -0.287. The maximum atomic E-state index is 12.3. The van der Waals surface area contributed by atoms with Crippen molar-refractivity contribution in [3.63, 3.8) is 0 Å². The smallest absolute Gasteiger partial charge is 0.335 e. The summed E-state index contributed by atoms with van der Waals surface area (Å²) in [5, 5.41) is 17.0. The van der Waals surface area contributed by atoms with E-state index in [0.717, 1.165) is 12.0 Å². The SMILES string of the molecule is CCc1ccc(OCC(=O)N[C@H](NC(=S)Nc2cccc(C(=O)O)c2)C(Cl)(Cl)Cl)cc1. The highest BCUT2D eigenvalue weighted by molar-refractivity contribution is 7.80. The Morgan fingerprint density at radius 2 is 1.81 bits per heavy atom. The van der Waals surface area contributed by atoms with Gasteiger partial charge in [0.2, 0.25) is 3.79 Å². The van der Waals surface area contributed by atoms with Crippen LogP contribution in [0, 0.1) is 0 Å². The van der Waals surface area contributed by atoms with Crippen LogP contribution < -0.4 is 20.7 Å².